The number of anilines is 1. The highest BCUT2D eigenvalue weighted by Crippen LogP contribution is 2.66. The normalized spacial score (nSPS) is 14.7. The number of esters is 1. The van der Waals surface area contributed by atoms with E-state index in [1.807, 2.05) is 5.32 Å². The fourth-order valence-corrected chi connectivity index (χ4v) is 6.14. The molecule has 0 aliphatic heterocycles. The summed E-state index contributed by atoms with van der Waals surface area (Å²) in [4.78, 5) is 16.8. The second-order valence-corrected chi connectivity index (χ2v) is 11.5. The maximum atomic E-state index is 14.6. The van der Waals surface area contributed by atoms with Crippen molar-refractivity contribution in [3.8, 4) is 0 Å². The lowest BCUT2D eigenvalue weighted by Crippen LogP contribution is -2.59. The smallest absolute Gasteiger partial charge is 0.434 e. The van der Waals surface area contributed by atoms with Crippen LogP contribution in [0.25, 0.3) is 10.2 Å². The molecule has 13 heteroatoms. The molecule has 0 bridgehead atoms. The number of nitrogens with zero attached hydrogens (tertiary/aromatic N) is 1. The predicted octanol–water partition coefficient (Wildman–Crippen LogP) is 6.33. The van der Waals surface area contributed by atoms with Crippen LogP contribution in [0.2, 0.25) is 5.02 Å². The SMILES string of the molecule is COC(=O)C(Nc1nc2ccc(Cl)cc2s1)(C(F)(F)F)P(=O)(OCC(C)C)OCC(C)C. The molecule has 0 aliphatic rings. The lowest BCUT2D eigenvalue weighted by molar-refractivity contribution is -0.186. The Morgan fingerprint density at radius 3 is 2.22 bits per heavy atom. The van der Waals surface area contributed by atoms with Gasteiger partial charge in [-0.05, 0) is 30.0 Å². The fourth-order valence-electron chi connectivity index (χ4n) is 2.55. The Hall–Kier alpha value is -1.39. The Bertz CT molecular complexity index is 985. The van der Waals surface area contributed by atoms with Crippen LogP contribution >= 0.6 is 30.5 Å². The molecule has 1 N–H and O–H groups in total. The zero-order valence-corrected chi connectivity index (χ0v) is 20.6. The average Bonchev–Trinajstić information content (AvgIpc) is 3.08. The molecule has 0 aliphatic carbocycles. The van der Waals surface area contributed by atoms with Crippen LogP contribution in [0.3, 0.4) is 0 Å². The number of thiazole rings is 1. The average molecular weight is 517 g/mol. The standard InChI is InChI=1S/C19H25ClF3N2O5PS/c1-11(2)9-29-31(27,30-10-12(3)4)18(16(26)28-5,19(21,22)23)25-17-24-14-7-6-13(20)8-15(14)32-17/h6-8,11-12H,9-10H2,1-5H3,(H,24,25). The highest BCUT2D eigenvalue weighted by Gasteiger charge is 2.75. The van der Waals surface area contributed by atoms with Gasteiger partial charge in [-0.25, -0.2) is 9.78 Å². The van der Waals surface area contributed by atoms with Gasteiger partial charge in [-0.3, -0.25) is 4.57 Å². The number of hydrogen-bond acceptors (Lipinski definition) is 8. The molecular weight excluding hydrogens is 492 g/mol. The van der Waals surface area contributed by atoms with Crippen LogP contribution in [0.1, 0.15) is 27.7 Å². The molecule has 0 saturated heterocycles. The first kappa shape index (κ1) is 26.9. The highest BCUT2D eigenvalue weighted by molar-refractivity contribution is 7.57. The van der Waals surface area contributed by atoms with E-state index in [0.717, 1.165) is 18.4 Å². The molecule has 180 valence electrons. The van der Waals surface area contributed by atoms with Crippen molar-refractivity contribution in [3.05, 3.63) is 23.2 Å². The lowest BCUT2D eigenvalue weighted by atomic mass is 10.2. The Morgan fingerprint density at radius 2 is 1.75 bits per heavy atom. The molecule has 0 saturated carbocycles. The molecule has 2 aromatic rings. The summed E-state index contributed by atoms with van der Waals surface area (Å²) in [6.45, 7) is 5.94. The highest BCUT2D eigenvalue weighted by atomic mass is 35.5. The van der Waals surface area contributed by atoms with Gasteiger partial charge >= 0.3 is 25.0 Å². The Kier molecular flexibility index (Phi) is 8.61. The van der Waals surface area contributed by atoms with Gasteiger partial charge in [0.2, 0.25) is 0 Å². The summed E-state index contributed by atoms with van der Waals surface area (Å²) in [6.07, 6.45) is -5.43. The molecule has 1 aromatic heterocycles. The molecule has 0 fully saturated rings. The second-order valence-electron chi connectivity index (χ2n) is 7.83. The number of fused-ring (bicyclic) bond motifs is 1. The molecule has 1 heterocycles. The summed E-state index contributed by atoms with van der Waals surface area (Å²) in [5.41, 5.74) is 0.337. The lowest BCUT2D eigenvalue weighted by Gasteiger charge is -2.38. The van der Waals surface area contributed by atoms with Crippen LogP contribution in [-0.4, -0.2) is 42.7 Å². The van der Waals surface area contributed by atoms with Crippen molar-refractivity contribution in [2.24, 2.45) is 11.8 Å². The first-order valence-corrected chi connectivity index (χ1v) is 12.4. The van der Waals surface area contributed by atoms with Crippen molar-refractivity contribution in [2.75, 3.05) is 25.6 Å². The zero-order chi connectivity index (χ0) is 24.3. The van der Waals surface area contributed by atoms with Gasteiger partial charge in [-0.15, -0.1) is 0 Å². The summed E-state index contributed by atoms with van der Waals surface area (Å²) in [5.74, 6) is -2.45. The Morgan fingerprint density at radius 1 is 1.19 bits per heavy atom. The first-order chi connectivity index (χ1) is 14.8. The molecule has 2 rings (SSSR count). The quantitative estimate of drug-likeness (QED) is 0.291. The maximum Gasteiger partial charge on any atom is 0.434 e. The molecule has 1 atom stereocenters. The number of halogens is 4. The molecule has 7 nitrogen and oxygen atoms in total. The summed E-state index contributed by atoms with van der Waals surface area (Å²) in [6, 6.07) is 4.54. The third-order valence-corrected chi connectivity index (χ3v) is 7.61. The monoisotopic (exact) mass is 516 g/mol. The van der Waals surface area contributed by atoms with Crippen LogP contribution in [0, 0.1) is 11.8 Å². The fraction of sp³-hybridized carbons (Fsp3) is 0.579. The van der Waals surface area contributed by atoms with Crippen molar-refractivity contribution in [2.45, 2.75) is 39.2 Å². The largest absolute Gasteiger partial charge is 0.467 e. The number of ether oxygens (including phenoxy) is 1. The number of aromatic nitrogens is 1. The van der Waals surface area contributed by atoms with E-state index in [1.54, 1.807) is 27.7 Å². The molecule has 0 spiro atoms. The van der Waals surface area contributed by atoms with Crippen molar-refractivity contribution >= 4 is 51.9 Å². The van der Waals surface area contributed by atoms with Gasteiger partial charge in [0.15, 0.2) is 5.13 Å². The maximum absolute atomic E-state index is 14.6. The molecule has 32 heavy (non-hydrogen) atoms. The van der Waals surface area contributed by atoms with E-state index >= 15 is 0 Å². The van der Waals surface area contributed by atoms with Crippen molar-refractivity contribution in [1.82, 2.24) is 4.98 Å². The number of benzene rings is 1. The molecule has 1 aromatic carbocycles. The van der Waals surface area contributed by atoms with E-state index in [9.17, 15) is 22.5 Å². The number of rotatable bonds is 10. The van der Waals surface area contributed by atoms with Gasteiger partial charge in [0, 0.05) is 5.02 Å². The van der Waals surface area contributed by atoms with Crippen LogP contribution in [0.5, 0.6) is 0 Å². The van der Waals surface area contributed by atoms with Crippen LogP contribution in [0.15, 0.2) is 18.2 Å². The number of nitrogens with one attached hydrogen (secondary N) is 1. The van der Waals surface area contributed by atoms with Crippen molar-refractivity contribution in [1.29, 1.82) is 0 Å². The van der Waals surface area contributed by atoms with E-state index in [4.69, 9.17) is 20.6 Å². The zero-order valence-electron chi connectivity index (χ0n) is 18.2. The van der Waals surface area contributed by atoms with Crippen molar-refractivity contribution in [3.63, 3.8) is 0 Å². The van der Waals surface area contributed by atoms with Gasteiger partial charge in [0.05, 0.1) is 30.5 Å². The third kappa shape index (κ3) is 5.56. The number of hydrogen-bond donors (Lipinski definition) is 1. The minimum atomic E-state index is -5.43. The molecule has 0 radical (unpaired) electrons. The van der Waals surface area contributed by atoms with Gasteiger partial charge < -0.3 is 19.1 Å². The summed E-state index contributed by atoms with van der Waals surface area (Å²) in [5, 5.41) is -1.78. The van der Waals surface area contributed by atoms with Crippen LogP contribution in [0.4, 0.5) is 18.3 Å². The van der Waals surface area contributed by atoms with E-state index in [2.05, 4.69) is 9.72 Å². The minimum absolute atomic E-state index is 0.292. The second kappa shape index (κ2) is 10.3. The minimum Gasteiger partial charge on any atom is -0.467 e. The number of carbonyl (C=O) groups excluding carboxylic acids is 1. The van der Waals surface area contributed by atoms with E-state index in [0.29, 0.717) is 15.2 Å². The van der Waals surface area contributed by atoms with E-state index in [1.165, 1.54) is 18.2 Å². The van der Waals surface area contributed by atoms with Gasteiger partial charge in [-0.2, -0.15) is 13.2 Å². The molecular formula is C19H25ClF3N2O5PS. The Labute approximate surface area is 193 Å². The number of methoxy groups -OCH3 is 1. The summed E-state index contributed by atoms with van der Waals surface area (Å²) < 4.78 is 73.0. The summed E-state index contributed by atoms with van der Waals surface area (Å²) >= 11 is 6.74. The predicted molar refractivity (Wildman–Crippen MR) is 118 cm³/mol. The van der Waals surface area contributed by atoms with Gasteiger partial charge in [0.1, 0.15) is 0 Å². The number of alkyl halides is 3. The van der Waals surface area contributed by atoms with Gasteiger partial charge in [0.25, 0.3) is 0 Å². The molecule has 1 unspecified atom stereocenters. The number of carbonyl (C=O) groups is 1. The van der Waals surface area contributed by atoms with Crippen molar-refractivity contribution < 1.29 is 36.3 Å². The van der Waals surface area contributed by atoms with E-state index in [-0.39, 0.29) is 30.2 Å². The third-order valence-electron chi connectivity index (χ3n) is 4.10. The molecule has 0 amide bonds. The summed E-state index contributed by atoms with van der Waals surface area (Å²) in [7, 11) is -4.49. The topological polar surface area (TPSA) is 86.8 Å². The van der Waals surface area contributed by atoms with Gasteiger partial charge in [-0.1, -0.05) is 50.6 Å². The van der Waals surface area contributed by atoms with Crippen LogP contribution < -0.4 is 5.32 Å². The Balaban J connectivity index is 2.70. The first-order valence-electron chi connectivity index (χ1n) is 9.64. The van der Waals surface area contributed by atoms with E-state index < -0.39 is 25.0 Å². The van der Waals surface area contributed by atoms with Crippen LogP contribution in [-0.2, 0) is 23.1 Å².